The molecule has 1 aromatic carbocycles. The first-order chi connectivity index (χ1) is 28.8. The van der Waals surface area contributed by atoms with Crippen LogP contribution in [0.4, 0.5) is 5.69 Å². The minimum Gasteiger partial charge on any atom is -0.381 e. The molecule has 0 aliphatic carbocycles. The Morgan fingerprint density at radius 1 is 0.458 bits per heavy atom. The number of pyridine rings is 4. The third-order valence-electron chi connectivity index (χ3n) is 7.75. The molecule has 8 heteroatoms. The van der Waals surface area contributed by atoms with E-state index < -0.39 is 0 Å². The molecule has 5 aromatic heterocycles. The van der Waals surface area contributed by atoms with Crippen LogP contribution in [0.5, 0.6) is 0 Å². The lowest BCUT2D eigenvalue weighted by atomic mass is 10.2. The molecule has 0 atom stereocenters. The molecule has 1 N–H and O–H groups in total. The van der Waals surface area contributed by atoms with Gasteiger partial charge in [0.15, 0.2) is 0 Å². The van der Waals surface area contributed by atoms with Crippen LogP contribution in [0.25, 0.3) is 10.9 Å². The topological polar surface area (TPSA) is 70.1 Å². The summed E-state index contributed by atoms with van der Waals surface area (Å²) in [7, 11) is 0. The van der Waals surface area contributed by atoms with Crippen LogP contribution in [0.2, 0.25) is 0 Å². The Labute approximate surface area is 365 Å². The number of aromatic nitrogens is 4. The van der Waals surface area contributed by atoms with Gasteiger partial charge in [-0.3, -0.25) is 29.7 Å². The van der Waals surface area contributed by atoms with E-state index in [0.717, 1.165) is 54.5 Å². The highest BCUT2D eigenvalue weighted by atomic mass is 32.1. The summed E-state index contributed by atoms with van der Waals surface area (Å²) in [5.41, 5.74) is 5.49. The van der Waals surface area contributed by atoms with Crippen molar-refractivity contribution in [3.05, 3.63) is 149 Å². The first-order valence-electron chi connectivity index (χ1n) is 22.1. The fourth-order valence-electron chi connectivity index (χ4n) is 5.08. The van der Waals surface area contributed by atoms with Crippen molar-refractivity contribution < 1.29 is 0 Å². The van der Waals surface area contributed by atoms with E-state index in [9.17, 15) is 0 Å². The van der Waals surface area contributed by atoms with Crippen molar-refractivity contribution in [1.82, 2.24) is 29.7 Å². The van der Waals surface area contributed by atoms with Crippen molar-refractivity contribution in [1.29, 1.82) is 0 Å². The molecule has 0 spiro atoms. The van der Waals surface area contributed by atoms with Crippen molar-refractivity contribution in [3.8, 4) is 0 Å². The van der Waals surface area contributed by atoms with Gasteiger partial charge in [0.05, 0.1) is 28.3 Å². The molecule has 0 unspecified atom stereocenters. The number of para-hydroxylation sites is 1. The highest BCUT2D eigenvalue weighted by molar-refractivity contribution is 7.09. The molecular weight excluding hydrogens is 743 g/mol. The molecule has 5 heterocycles. The number of anilines is 1. The van der Waals surface area contributed by atoms with Crippen LogP contribution in [-0.2, 0) is 26.2 Å². The van der Waals surface area contributed by atoms with Gasteiger partial charge >= 0.3 is 0 Å². The van der Waals surface area contributed by atoms with E-state index in [1.54, 1.807) is 0 Å². The van der Waals surface area contributed by atoms with Crippen molar-refractivity contribution in [2.45, 2.75) is 155 Å². The summed E-state index contributed by atoms with van der Waals surface area (Å²) in [4.78, 5) is 23.7. The van der Waals surface area contributed by atoms with Crippen LogP contribution in [0.3, 0.4) is 0 Å². The van der Waals surface area contributed by atoms with E-state index in [2.05, 4.69) is 137 Å². The average Bonchev–Trinajstić information content (AvgIpc) is 3.82. The zero-order valence-electron chi connectivity index (χ0n) is 39.8. The molecule has 6 rings (SSSR count). The number of thiophene rings is 1. The molecular formula is C51H81N7S. The molecule has 0 radical (unpaired) electrons. The summed E-state index contributed by atoms with van der Waals surface area (Å²) in [6, 6.07) is 34.1. The molecule has 0 bridgehead atoms. The predicted molar refractivity (Wildman–Crippen MR) is 263 cm³/mol. The molecule has 0 saturated carbocycles. The molecule has 59 heavy (non-hydrogen) atoms. The van der Waals surface area contributed by atoms with Crippen LogP contribution in [0, 0.1) is 0 Å². The molecule has 0 aliphatic heterocycles. The van der Waals surface area contributed by atoms with Crippen molar-refractivity contribution >= 4 is 27.9 Å². The Hall–Kier alpha value is -4.50. The summed E-state index contributed by atoms with van der Waals surface area (Å²) >= 11 is 1.82. The first kappa shape index (κ1) is 56.6. The van der Waals surface area contributed by atoms with Gasteiger partial charge in [0.1, 0.15) is 0 Å². The number of fused-ring (bicyclic) bond motifs is 1. The number of benzene rings is 1. The second-order valence-corrected chi connectivity index (χ2v) is 13.8. The highest BCUT2D eigenvalue weighted by Gasteiger charge is 2.13. The second kappa shape index (κ2) is 37.7. The maximum Gasteiger partial charge on any atom is 0.0933 e. The lowest BCUT2D eigenvalue weighted by Crippen LogP contribution is -2.30. The summed E-state index contributed by atoms with van der Waals surface area (Å²) in [5.74, 6) is 0. The van der Waals surface area contributed by atoms with Gasteiger partial charge in [0.2, 0.25) is 0 Å². The third-order valence-corrected chi connectivity index (χ3v) is 8.61. The quantitative estimate of drug-likeness (QED) is 0.132. The van der Waals surface area contributed by atoms with E-state index in [0.29, 0.717) is 18.1 Å². The zero-order chi connectivity index (χ0) is 44.8. The molecule has 0 saturated heterocycles. The van der Waals surface area contributed by atoms with Gasteiger partial charge in [-0.15, -0.1) is 11.3 Å². The SMILES string of the molecule is CC.CC.CC.CC.CC.CC(C)N(Cc1ccccn1)Cc1ccccn1.CC(C)N(Cc1ccccn1)Cc1cccs1.CC(C)Nc1cccc2cccnc12. The lowest BCUT2D eigenvalue weighted by molar-refractivity contribution is 0.199. The van der Waals surface area contributed by atoms with Crippen LogP contribution in [0.15, 0.2) is 127 Å². The van der Waals surface area contributed by atoms with Crippen LogP contribution >= 0.6 is 11.3 Å². The minimum atomic E-state index is 0.433. The van der Waals surface area contributed by atoms with Gasteiger partial charge in [-0.1, -0.05) is 112 Å². The summed E-state index contributed by atoms with van der Waals surface area (Å²) in [6.07, 6.45) is 7.37. The Bertz CT molecular complexity index is 1680. The number of nitrogens with one attached hydrogen (secondary N) is 1. The van der Waals surface area contributed by atoms with E-state index in [1.807, 2.05) is 148 Å². The highest BCUT2D eigenvalue weighted by Crippen LogP contribution is 2.21. The first-order valence-corrected chi connectivity index (χ1v) is 23.0. The van der Waals surface area contributed by atoms with Crippen molar-refractivity contribution in [2.24, 2.45) is 0 Å². The molecule has 0 fully saturated rings. The average molecular weight is 824 g/mol. The number of nitrogens with zero attached hydrogens (tertiary/aromatic N) is 6. The zero-order valence-corrected chi connectivity index (χ0v) is 40.6. The van der Waals surface area contributed by atoms with Gasteiger partial charge < -0.3 is 5.32 Å². The van der Waals surface area contributed by atoms with E-state index in [1.165, 1.54) is 10.3 Å². The Morgan fingerprint density at radius 3 is 1.25 bits per heavy atom. The van der Waals surface area contributed by atoms with Crippen LogP contribution < -0.4 is 5.32 Å². The molecule has 7 nitrogen and oxygen atoms in total. The largest absolute Gasteiger partial charge is 0.381 e. The standard InChI is InChI=1S/C15H19N3.C14H18N2S.C12H14N2.5C2H6/c1-13(2)18(11-14-7-3-5-9-16-14)12-15-8-4-6-10-17-15;1-12(2)16(11-14-7-5-9-17-14)10-13-6-3-4-8-15-13;1-9(2)14-11-7-3-5-10-6-4-8-13-12(10)11;5*1-2/h3-10,13H,11-12H2,1-2H3;3-9,12H,10-11H2,1-2H3;3-9,14H,1-2H3;5*1-2H3. The summed E-state index contributed by atoms with van der Waals surface area (Å²) in [6.45, 7) is 36.8. The molecule has 0 aliphatic rings. The van der Waals surface area contributed by atoms with Gasteiger partial charge in [-0.25, -0.2) is 0 Å². The van der Waals surface area contributed by atoms with Crippen molar-refractivity contribution in [2.75, 3.05) is 5.32 Å². The fourth-order valence-corrected chi connectivity index (χ4v) is 5.81. The van der Waals surface area contributed by atoms with Gasteiger partial charge in [0, 0.05) is 79.4 Å². The van der Waals surface area contributed by atoms with Crippen molar-refractivity contribution in [3.63, 3.8) is 0 Å². The molecule has 6 aromatic rings. The summed E-state index contributed by atoms with van der Waals surface area (Å²) < 4.78 is 0. The minimum absolute atomic E-state index is 0.433. The van der Waals surface area contributed by atoms with Gasteiger partial charge in [0.25, 0.3) is 0 Å². The van der Waals surface area contributed by atoms with Crippen LogP contribution in [-0.4, -0.2) is 47.9 Å². The predicted octanol–water partition coefficient (Wildman–Crippen LogP) is 14.6. The second-order valence-electron chi connectivity index (χ2n) is 12.7. The smallest absolute Gasteiger partial charge is 0.0933 e. The fraction of sp³-hybridized carbons (Fsp3) is 0.451. The lowest BCUT2D eigenvalue weighted by Gasteiger charge is -2.25. The van der Waals surface area contributed by atoms with Crippen LogP contribution in [0.1, 0.15) is 133 Å². The van der Waals surface area contributed by atoms with E-state index >= 15 is 0 Å². The molecule has 326 valence electrons. The summed E-state index contributed by atoms with van der Waals surface area (Å²) in [5, 5.41) is 6.70. The number of hydrogen-bond donors (Lipinski definition) is 1. The van der Waals surface area contributed by atoms with E-state index in [4.69, 9.17) is 0 Å². The molecule has 0 amide bonds. The maximum atomic E-state index is 4.39. The monoisotopic (exact) mass is 824 g/mol. The number of rotatable bonds is 12. The Kier molecular flexibility index (Phi) is 36.2. The normalized spacial score (nSPS) is 9.71. The van der Waals surface area contributed by atoms with E-state index in [-0.39, 0.29) is 0 Å². The van der Waals surface area contributed by atoms with Gasteiger partial charge in [-0.2, -0.15) is 0 Å². The maximum absolute atomic E-state index is 4.39. The third kappa shape index (κ3) is 24.9. The van der Waals surface area contributed by atoms with Gasteiger partial charge in [-0.05, 0) is 102 Å². The Balaban J connectivity index is 0. The Morgan fingerprint density at radius 2 is 0.881 bits per heavy atom. The number of hydrogen-bond acceptors (Lipinski definition) is 8.